The second-order valence-corrected chi connectivity index (χ2v) is 4.81. The number of rotatable bonds is 6. The minimum Gasteiger partial charge on any atom is -0.307 e. The number of benzene rings is 1. The average Bonchev–Trinajstić information content (AvgIpc) is 2.46. The van der Waals surface area contributed by atoms with Gasteiger partial charge in [-0.1, -0.05) is 26.0 Å². The van der Waals surface area contributed by atoms with Crippen LogP contribution in [0.5, 0.6) is 0 Å². The summed E-state index contributed by atoms with van der Waals surface area (Å²) in [5.74, 6) is 0. The molecule has 1 aromatic carbocycles. The molecule has 0 atom stereocenters. The lowest BCUT2D eigenvalue weighted by Crippen LogP contribution is -2.36. The summed E-state index contributed by atoms with van der Waals surface area (Å²) in [5, 5.41) is 0.565. The van der Waals surface area contributed by atoms with E-state index in [0.29, 0.717) is 17.4 Å². The fraction of sp³-hybridized carbons (Fsp3) is 0.467. The van der Waals surface area contributed by atoms with E-state index in [4.69, 9.17) is 0 Å². The van der Waals surface area contributed by atoms with Crippen molar-refractivity contribution in [2.45, 2.75) is 26.8 Å². The molecule has 5 heteroatoms. The van der Waals surface area contributed by atoms with Crippen LogP contribution in [0.3, 0.4) is 0 Å². The molecule has 0 aliphatic carbocycles. The number of aromatic amines is 1. The zero-order chi connectivity index (χ0) is 14.5. The van der Waals surface area contributed by atoms with Crippen molar-refractivity contribution >= 4 is 10.9 Å². The maximum absolute atomic E-state index is 12.3. The fourth-order valence-electron chi connectivity index (χ4n) is 2.39. The molecule has 0 unspecified atom stereocenters. The molecule has 108 valence electrons. The van der Waals surface area contributed by atoms with Gasteiger partial charge in [-0.15, -0.1) is 0 Å². The highest BCUT2D eigenvalue weighted by atomic mass is 16.2. The van der Waals surface area contributed by atoms with Crippen LogP contribution in [0, 0.1) is 0 Å². The van der Waals surface area contributed by atoms with Crippen molar-refractivity contribution in [1.82, 2.24) is 14.5 Å². The third-order valence-electron chi connectivity index (χ3n) is 3.64. The highest BCUT2D eigenvalue weighted by molar-refractivity contribution is 5.76. The van der Waals surface area contributed by atoms with Gasteiger partial charge in [0.05, 0.1) is 10.9 Å². The van der Waals surface area contributed by atoms with Gasteiger partial charge in [-0.05, 0) is 38.2 Å². The van der Waals surface area contributed by atoms with E-state index in [9.17, 15) is 9.59 Å². The molecule has 2 aromatic rings. The SMILES string of the molecule is CCN(CC)CCCn1c(=O)[nH]c2ccccc2c1=O. The molecule has 5 nitrogen and oxygen atoms in total. The second kappa shape index (κ2) is 6.52. The van der Waals surface area contributed by atoms with E-state index in [1.165, 1.54) is 4.57 Å². The van der Waals surface area contributed by atoms with Gasteiger partial charge >= 0.3 is 5.69 Å². The number of para-hydroxylation sites is 1. The quantitative estimate of drug-likeness (QED) is 0.867. The van der Waals surface area contributed by atoms with Gasteiger partial charge in [-0.2, -0.15) is 0 Å². The van der Waals surface area contributed by atoms with Gasteiger partial charge in [0.15, 0.2) is 0 Å². The Bertz CT molecular complexity index is 683. The number of hydrogen-bond acceptors (Lipinski definition) is 3. The Kier molecular flexibility index (Phi) is 4.74. The van der Waals surface area contributed by atoms with Crippen LogP contribution >= 0.6 is 0 Å². The van der Waals surface area contributed by atoms with Crippen LogP contribution in [-0.2, 0) is 6.54 Å². The molecule has 0 saturated heterocycles. The van der Waals surface area contributed by atoms with Crippen LogP contribution in [-0.4, -0.2) is 34.1 Å². The predicted molar refractivity (Wildman–Crippen MR) is 81.2 cm³/mol. The molecule has 0 aliphatic heterocycles. The number of H-pyrrole nitrogens is 1. The number of fused-ring (bicyclic) bond motifs is 1. The Balaban J connectivity index is 2.22. The average molecular weight is 275 g/mol. The summed E-state index contributed by atoms with van der Waals surface area (Å²) in [6, 6.07) is 7.11. The first-order valence-corrected chi connectivity index (χ1v) is 7.11. The Morgan fingerprint density at radius 1 is 1.15 bits per heavy atom. The van der Waals surface area contributed by atoms with Gasteiger partial charge in [-0.25, -0.2) is 4.79 Å². The normalized spacial score (nSPS) is 11.3. The number of hydrogen-bond donors (Lipinski definition) is 1. The summed E-state index contributed by atoms with van der Waals surface area (Å²) in [5.41, 5.74) is 0.0691. The molecule has 0 fully saturated rings. The minimum atomic E-state index is -0.326. The molecule has 20 heavy (non-hydrogen) atoms. The maximum Gasteiger partial charge on any atom is 0.328 e. The maximum atomic E-state index is 12.3. The zero-order valence-electron chi connectivity index (χ0n) is 12.1. The van der Waals surface area contributed by atoms with E-state index in [0.717, 1.165) is 26.1 Å². The molecule has 0 spiro atoms. The molecule has 0 bridgehead atoms. The third-order valence-corrected chi connectivity index (χ3v) is 3.64. The summed E-state index contributed by atoms with van der Waals surface area (Å²) >= 11 is 0. The summed E-state index contributed by atoms with van der Waals surface area (Å²) in [4.78, 5) is 29.3. The van der Waals surface area contributed by atoms with Gasteiger partial charge < -0.3 is 9.88 Å². The second-order valence-electron chi connectivity index (χ2n) is 4.81. The van der Waals surface area contributed by atoms with Crippen molar-refractivity contribution in [3.63, 3.8) is 0 Å². The smallest absolute Gasteiger partial charge is 0.307 e. The van der Waals surface area contributed by atoms with E-state index >= 15 is 0 Å². The van der Waals surface area contributed by atoms with Crippen LogP contribution in [0.2, 0.25) is 0 Å². The first-order chi connectivity index (χ1) is 9.67. The Labute approximate surface area is 117 Å². The van der Waals surface area contributed by atoms with Crippen molar-refractivity contribution in [2.75, 3.05) is 19.6 Å². The van der Waals surface area contributed by atoms with E-state index in [-0.39, 0.29) is 11.2 Å². The summed E-state index contributed by atoms with van der Waals surface area (Å²) in [6.07, 6.45) is 0.795. The minimum absolute atomic E-state index is 0.205. The Morgan fingerprint density at radius 2 is 1.85 bits per heavy atom. The topological polar surface area (TPSA) is 58.1 Å². The third kappa shape index (κ3) is 2.99. The number of aromatic nitrogens is 2. The van der Waals surface area contributed by atoms with Crippen LogP contribution in [0.1, 0.15) is 20.3 Å². The molecule has 1 heterocycles. The highest BCUT2D eigenvalue weighted by Crippen LogP contribution is 2.03. The van der Waals surface area contributed by atoms with Gasteiger partial charge in [0.1, 0.15) is 0 Å². The molecular formula is C15H21N3O2. The molecule has 1 aromatic heterocycles. The molecule has 1 N–H and O–H groups in total. The van der Waals surface area contributed by atoms with Gasteiger partial charge in [-0.3, -0.25) is 9.36 Å². The lowest BCUT2D eigenvalue weighted by atomic mass is 10.2. The molecule has 0 radical (unpaired) electrons. The summed E-state index contributed by atoms with van der Waals surface area (Å²) in [7, 11) is 0. The summed E-state index contributed by atoms with van der Waals surface area (Å²) < 4.78 is 1.30. The van der Waals surface area contributed by atoms with Crippen molar-refractivity contribution < 1.29 is 0 Å². The molecular weight excluding hydrogens is 254 g/mol. The van der Waals surface area contributed by atoms with E-state index < -0.39 is 0 Å². The molecule has 0 amide bonds. The Hall–Kier alpha value is -1.88. The van der Waals surface area contributed by atoms with E-state index in [1.807, 2.05) is 12.1 Å². The molecule has 0 aliphatic rings. The lowest BCUT2D eigenvalue weighted by molar-refractivity contribution is 0.292. The largest absolute Gasteiger partial charge is 0.328 e. The summed E-state index contributed by atoms with van der Waals surface area (Å²) in [6.45, 7) is 7.54. The van der Waals surface area contributed by atoms with Crippen LogP contribution in [0.15, 0.2) is 33.9 Å². The van der Waals surface area contributed by atoms with Crippen molar-refractivity contribution in [3.8, 4) is 0 Å². The van der Waals surface area contributed by atoms with Gasteiger partial charge in [0, 0.05) is 6.54 Å². The predicted octanol–water partition coefficient (Wildman–Crippen LogP) is 1.42. The first-order valence-electron chi connectivity index (χ1n) is 7.11. The molecule has 0 saturated carbocycles. The Morgan fingerprint density at radius 3 is 2.55 bits per heavy atom. The van der Waals surface area contributed by atoms with Crippen LogP contribution in [0.4, 0.5) is 0 Å². The standard InChI is InChI=1S/C15H21N3O2/c1-3-17(4-2)10-7-11-18-14(19)12-8-5-6-9-13(12)16-15(18)20/h5-6,8-9H,3-4,7,10-11H2,1-2H3,(H,16,20). The van der Waals surface area contributed by atoms with Crippen molar-refractivity contribution in [1.29, 1.82) is 0 Å². The van der Waals surface area contributed by atoms with Crippen LogP contribution in [0.25, 0.3) is 10.9 Å². The van der Waals surface area contributed by atoms with Crippen molar-refractivity contribution in [3.05, 3.63) is 45.1 Å². The zero-order valence-corrected chi connectivity index (χ0v) is 12.1. The van der Waals surface area contributed by atoms with E-state index in [2.05, 4.69) is 23.7 Å². The van der Waals surface area contributed by atoms with Gasteiger partial charge in [0.25, 0.3) is 5.56 Å². The monoisotopic (exact) mass is 275 g/mol. The van der Waals surface area contributed by atoms with Crippen molar-refractivity contribution in [2.24, 2.45) is 0 Å². The molecule has 2 rings (SSSR count). The first kappa shape index (κ1) is 14.5. The highest BCUT2D eigenvalue weighted by Gasteiger charge is 2.07. The van der Waals surface area contributed by atoms with E-state index in [1.54, 1.807) is 12.1 Å². The van der Waals surface area contributed by atoms with Crippen LogP contribution < -0.4 is 11.2 Å². The lowest BCUT2D eigenvalue weighted by Gasteiger charge is -2.17. The fourth-order valence-corrected chi connectivity index (χ4v) is 2.39. The number of nitrogens with zero attached hydrogens (tertiary/aromatic N) is 2. The van der Waals surface area contributed by atoms with Gasteiger partial charge in [0.2, 0.25) is 0 Å². The number of nitrogens with one attached hydrogen (secondary N) is 1.